The van der Waals surface area contributed by atoms with Crippen LogP contribution in [0.2, 0.25) is 0 Å². The summed E-state index contributed by atoms with van der Waals surface area (Å²) < 4.78 is 6.23. The fraction of sp³-hybridized carbons (Fsp3) is 0.174. The van der Waals surface area contributed by atoms with Crippen LogP contribution < -0.4 is 15.0 Å². The number of para-hydroxylation sites is 1. The Morgan fingerprint density at radius 1 is 0.967 bits per heavy atom. The van der Waals surface area contributed by atoms with E-state index < -0.39 is 17.1 Å². The zero-order chi connectivity index (χ0) is 21.3. The maximum atomic E-state index is 13.3. The Balaban J connectivity index is 1.69. The molecule has 152 valence electrons. The molecular weight excluding hydrogens is 382 g/mol. The molecule has 0 saturated heterocycles. The zero-order valence-corrected chi connectivity index (χ0v) is 16.6. The van der Waals surface area contributed by atoms with E-state index in [-0.39, 0.29) is 11.5 Å². The van der Waals surface area contributed by atoms with Gasteiger partial charge in [0, 0.05) is 37.6 Å². The van der Waals surface area contributed by atoms with Gasteiger partial charge in [0.15, 0.2) is 11.9 Å². The lowest BCUT2D eigenvalue weighted by atomic mass is 9.91. The number of non-ortho nitro benzene ring substituents is 1. The summed E-state index contributed by atoms with van der Waals surface area (Å²) in [4.78, 5) is 25.8. The molecular formula is C23H21N3O4. The van der Waals surface area contributed by atoms with E-state index in [1.165, 1.54) is 12.1 Å². The van der Waals surface area contributed by atoms with Gasteiger partial charge in [0.2, 0.25) is 0 Å². The van der Waals surface area contributed by atoms with Crippen LogP contribution in [0.4, 0.5) is 17.1 Å². The number of ketones is 1. The number of benzene rings is 3. The molecule has 0 radical (unpaired) electrons. The van der Waals surface area contributed by atoms with Crippen molar-refractivity contribution in [2.45, 2.75) is 12.1 Å². The van der Waals surface area contributed by atoms with Crippen molar-refractivity contribution >= 4 is 22.8 Å². The minimum absolute atomic E-state index is 0.00654. The Morgan fingerprint density at radius 2 is 1.63 bits per heavy atom. The summed E-state index contributed by atoms with van der Waals surface area (Å²) >= 11 is 0. The van der Waals surface area contributed by atoms with Crippen LogP contribution >= 0.6 is 0 Å². The predicted octanol–water partition coefficient (Wildman–Crippen LogP) is 4.46. The Morgan fingerprint density at radius 3 is 2.27 bits per heavy atom. The minimum atomic E-state index is -0.674. The Bertz CT molecular complexity index is 1080. The molecule has 0 saturated carbocycles. The maximum absolute atomic E-state index is 13.3. The molecule has 7 heteroatoms. The number of ether oxygens (including phenoxy) is 1. The highest BCUT2D eigenvalue weighted by Crippen LogP contribution is 2.37. The van der Waals surface area contributed by atoms with Gasteiger partial charge >= 0.3 is 0 Å². The van der Waals surface area contributed by atoms with Gasteiger partial charge in [-0.2, -0.15) is 0 Å². The minimum Gasteiger partial charge on any atom is -0.482 e. The Labute approximate surface area is 174 Å². The first-order chi connectivity index (χ1) is 14.4. The second kappa shape index (κ2) is 7.87. The number of Topliss-reactive ketones (excluding diaryl/α,β-unsaturated/α-hetero) is 1. The van der Waals surface area contributed by atoms with Crippen molar-refractivity contribution in [2.75, 3.05) is 24.3 Å². The molecule has 1 aliphatic rings. The van der Waals surface area contributed by atoms with Gasteiger partial charge < -0.3 is 15.0 Å². The van der Waals surface area contributed by atoms with Crippen molar-refractivity contribution < 1.29 is 14.5 Å². The fourth-order valence-electron chi connectivity index (χ4n) is 3.51. The molecule has 0 bridgehead atoms. The van der Waals surface area contributed by atoms with E-state index in [1.54, 1.807) is 30.3 Å². The molecule has 1 aliphatic heterocycles. The number of nitrogens with one attached hydrogen (secondary N) is 1. The average Bonchev–Trinajstić information content (AvgIpc) is 2.76. The molecule has 7 nitrogen and oxygen atoms in total. The van der Waals surface area contributed by atoms with Gasteiger partial charge in [-0.3, -0.25) is 14.9 Å². The molecule has 0 amide bonds. The van der Waals surface area contributed by atoms with Gasteiger partial charge in [-0.15, -0.1) is 0 Å². The molecule has 2 atom stereocenters. The molecule has 3 aromatic rings. The molecule has 0 aliphatic carbocycles. The Hall–Kier alpha value is -3.87. The first kappa shape index (κ1) is 19.4. The van der Waals surface area contributed by atoms with E-state index in [1.807, 2.05) is 49.3 Å². The number of carbonyl (C=O) groups is 1. The number of nitro benzene ring substituents is 1. The summed E-state index contributed by atoms with van der Waals surface area (Å²) in [6.07, 6.45) is -0.543. The normalized spacial score (nSPS) is 17.6. The highest BCUT2D eigenvalue weighted by molar-refractivity contribution is 6.05. The van der Waals surface area contributed by atoms with Gasteiger partial charge in [0.1, 0.15) is 11.8 Å². The number of fused-ring (bicyclic) bond motifs is 1. The van der Waals surface area contributed by atoms with Gasteiger partial charge in [-0.25, -0.2) is 0 Å². The molecule has 1 heterocycles. The number of rotatable bonds is 5. The summed E-state index contributed by atoms with van der Waals surface area (Å²) in [7, 11) is 3.93. The van der Waals surface area contributed by atoms with E-state index in [0.29, 0.717) is 17.0 Å². The van der Waals surface area contributed by atoms with Gasteiger partial charge in [0.05, 0.1) is 10.5 Å². The Kier molecular flexibility index (Phi) is 5.10. The topological polar surface area (TPSA) is 84.7 Å². The largest absolute Gasteiger partial charge is 0.482 e. The molecule has 1 N–H and O–H groups in total. The third kappa shape index (κ3) is 3.69. The third-order valence-electron chi connectivity index (χ3n) is 5.13. The SMILES string of the molecule is CN(C)c1ccc(C2Oc3ccccc3C(=O)C2Nc2ccc([N+](=O)[O-])cc2)cc1. The molecule has 2 unspecified atom stereocenters. The number of nitrogens with zero attached hydrogens (tertiary/aromatic N) is 2. The smallest absolute Gasteiger partial charge is 0.269 e. The van der Waals surface area contributed by atoms with E-state index in [9.17, 15) is 14.9 Å². The zero-order valence-electron chi connectivity index (χ0n) is 16.6. The molecule has 3 aromatic carbocycles. The lowest BCUT2D eigenvalue weighted by molar-refractivity contribution is -0.384. The molecule has 0 spiro atoms. The van der Waals surface area contributed by atoms with E-state index in [2.05, 4.69) is 5.32 Å². The van der Waals surface area contributed by atoms with Crippen molar-refractivity contribution in [3.63, 3.8) is 0 Å². The molecule has 0 aromatic heterocycles. The van der Waals surface area contributed by atoms with Crippen LogP contribution in [0.3, 0.4) is 0 Å². The number of hydrogen-bond acceptors (Lipinski definition) is 6. The standard InChI is InChI=1S/C23H21N3O4/c1-25(2)17-11-7-15(8-12-17)23-21(22(27)19-5-3-4-6-20(19)30-23)24-16-9-13-18(14-10-16)26(28)29/h3-14,21,23-24H,1-2H3. The quantitative estimate of drug-likeness (QED) is 0.500. The van der Waals surface area contributed by atoms with E-state index >= 15 is 0 Å². The number of anilines is 2. The molecule has 30 heavy (non-hydrogen) atoms. The van der Waals surface area contributed by atoms with Crippen LogP contribution in [0.25, 0.3) is 0 Å². The van der Waals surface area contributed by atoms with Crippen LogP contribution in [-0.2, 0) is 0 Å². The lowest BCUT2D eigenvalue weighted by Crippen LogP contribution is -2.42. The number of carbonyl (C=O) groups excluding carboxylic acids is 1. The summed E-state index contributed by atoms with van der Waals surface area (Å²) in [6, 6.07) is 20.4. The summed E-state index contributed by atoms with van der Waals surface area (Å²) in [5.74, 6) is 0.461. The summed E-state index contributed by atoms with van der Waals surface area (Å²) in [5.41, 5.74) is 3.02. The van der Waals surface area contributed by atoms with Gasteiger partial charge in [0.25, 0.3) is 5.69 Å². The fourth-order valence-corrected chi connectivity index (χ4v) is 3.51. The molecule has 0 fully saturated rings. The van der Waals surface area contributed by atoms with E-state index in [0.717, 1.165) is 11.3 Å². The number of hydrogen-bond donors (Lipinski definition) is 1. The van der Waals surface area contributed by atoms with E-state index in [4.69, 9.17) is 4.74 Å². The van der Waals surface area contributed by atoms with Crippen LogP contribution in [0, 0.1) is 10.1 Å². The predicted molar refractivity (Wildman–Crippen MR) is 115 cm³/mol. The van der Waals surface area contributed by atoms with Gasteiger partial charge in [-0.1, -0.05) is 24.3 Å². The van der Waals surface area contributed by atoms with Crippen molar-refractivity contribution in [3.05, 3.63) is 94.0 Å². The highest BCUT2D eigenvalue weighted by atomic mass is 16.6. The van der Waals surface area contributed by atoms with Crippen LogP contribution in [0.5, 0.6) is 5.75 Å². The van der Waals surface area contributed by atoms with Crippen molar-refractivity contribution in [1.29, 1.82) is 0 Å². The second-order valence-electron chi connectivity index (χ2n) is 7.31. The first-order valence-electron chi connectivity index (χ1n) is 9.52. The van der Waals surface area contributed by atoms with Crippen LogP contribution in [-0.4, -0.2) is 30.8 Å². The summed E-state index contributed by atoms with van der Waals surface area (Å²) in [6.45, 7) is 0. The maximum Gasteiger partial charge on any atom is 0.269 e. The third-order valence-corrected chi connectivity index (χ3v) is 5.13. The average molecular weight is 403 g/mol. The van der Waals surface area contributed by atoms with Crippen LogP contribution in [0.15, 0.2) is 72.8 Å². The van der Waals surface area contributed by atoms with Crippen molar-refractivity contribution in [3.8, 4) is 5.75 Å². The van der Waals surface area contributed by atoms with Crippen LogP contribution in [0.1, 0.15) is 22.0 Å². The first-order valence-corrected chi connectivity index (χ1v) is 9.52. The van der Waals surface area contributed by atoms with Gasteiger partial charge in [-0.05, 0) is 42.0 Å². The number of nitro groups is 1. The summed E-state index contributed by atoms with van der Waals surface area (Å²) in [5, 5.41) is 14.1. The second-order valence-corrected chi connectivity index (χ2v) is 7.31. The van der Waals surface area contributed by atoms with Crippen molar-refractivity contribution in [1.82, 2.24) is 0 Å². The highest BCUT2D eigenvalue weighted by Gasteiger charge is 2.38. The molecule has 4 rings (SSSR count). The van der Waals surface area contributed by atoms with Crippen molar-refractivity contribution in [2.24, 2.45) is 0 Å². The monoisotopic (exact) mass is 403 g/mol. The lowest BCUT2D eigenvalue weighted by Gasteiger charge is -2.34.